The molecule has 0 unspecified atom stereocenters. The minimum Gasteiger partial charge on any atom is -0.384 e. The third-order valence-electron chi connectivity index (χ3n) is 2.85. The van der Waals surface area contributed by atoms with Crippen molar-refractivity contribution in [2.24, 2.45) is 0 Å². The van der Waals surface area contributed by atoms with Crippen LogP contribution in [0.3, 0.4) is 0 Å². The van der Waals surface area contributed by atoms with Crippen molar-refractivity contribution >= 4 is 23.2 Å². The molecule has 3 rings (SSSR count). The van der Waals surface area contributed by atoms with E-state index in [-0.39, 0.29) is 0 Å². The van der Waals surface area contributed by atoms with Gasteiger partial charge in [0.1, 0.15) is 11.0 Å². The second kappa shape index (κ2) is 3.99. The lowest BCUT2D eigenvalue weighted by Gasteiger charge is -2.10. The van der Waals surface area contributed by atoms with Crippen molar-refractivity contribution in [1.29, 1.82) is 0 Å². The van der Waals surface area contributed by atoms with Crippen LogP contribution < -0.4 is 5.73 Å². The summed E-state index contributed by atoms with van der Waals surface area (Å²) < 4.78 is 1.73. The van der Waals surface area contributed by atoms with Gasteiger partial charge in [-0.05, 0) is 12.5 Å². The molecule has 4 nitrogen and oxygen atoms in total. The highest BCUT2D eigenvalue weighted by Crippen LogP contribution is 2.32. The third-order valence-corrected chi connectivity index (χ3v) is 3.12. The monoisotopic (exact) mass is 258 g/mol. The van der Waals surface area contributed by atoms with E-state index in [0.717, 1.165) is 16.7 Å². The van der Waals surface area contributed by atoms with Crippen molar-refractivity contribution < 1.29 is 0 Å². The zero-order valence-corrected chi connectivity index (χ0v) is 10.5. The molecule has 0 aliphatic heterocycles. The lowest BCUT2D eigenvalue weighted by Crippen LogP contribution is -2.02. The Kier molecular flexibility index (Phi) is 2.45. The third kappa shape index (κ3) is 1.62. The van der Waals surface area contributed by atoms with Crippen molar-refractivity contribution in [2.75, 3.05) is 5.73 Å². The number of anilines is 1. The lowest BCUT2D eigenvalue weighted by molar-refractivity contribution is 1.12. The molecule has 0 spiro atoms. The maximum atomic E-state index is 6.21. The summed E-state index contributed by atoms with van der Waals surface area (Å²) >= 11 is 6.21. The molecule has 0 saturated heterocycles. The summed E-state index contributed by atoms with van der Waals surface area (Å²) in [6, 6.07) is 7.99. The SMILES string of the molecule is Cc1cccc(-c2c(Cl)nc3nccn3c2N)c1. The van der Waals surface area contributed by atoms with Gasteiger partial charge in [0.05, 0.1) is 5.56 Å². The van der Waals surface area contributed by atoms with Crippen LogP contribution in [0, 0.1) is 6.92 Å². The zero-order chi connectivity index (χ0) is 12.7. The number of imidazole rings is 1. The highest BCUT2D eigenvalue weighted by atomic mass is 35.5. The number of hydrogen-bond donors (Lipinski definition) is 1. The summed E-state index contributed by atoms with van der Waals surface area (Å²) in [5, 5.41) is 0.372. The highest BCUT2D eigenvalue weighted by molar-refractivity contribution is 6.32. The van der Waals surface area contributed by atoms with Crippen molar-refractivity contribution in [3.63, 3.8) is 0 Å². The Bertz CT molecular complexity index is 733. The number of rotatable bonds is 1. The van der Waals surface area contributed by atoms with Crippen LogP contribution in [0.25, 0.3) is 16.9 Å². The van der Waals surface area contributed by atoms with E-state index < -0.39 is 0 Å². The topological polar surface area (TPSA) is 56.2 Å². The summed E-state index contributed by atoms with van der Waals surface area (Å²) in [6.07, 6.45) is 3.42. The van der Waals surface area contributed by atoms with Crippen molar-refractivity contribution in [2.45, 2.75) is 6.92 Å². The summed E-state index contributed by atoms with van der Waals surface area (Å²) in [5.41, 5.74) is 8.99. The standard InChI is InChI=1S/C13H11ClN4/c1-8-3-2-4-9(7-8)10-11(14)17-13-16-5-6-18(13)12(10)15/h2-7H,15H2,1H3. The number of aromatic nitrogens is 3. The molecule has 0 atom stereocenters. The molecule has 0 saturated carbocycles. The second-order valence-electron chi connectivity index (χ2n) is 4.13. The first-order chi connectivity index (χ1) is 8.66. The fourth-order valence-corrected chi connectivity index (χ4v) is 2.29. The molecule has 0 fully saturated rings. The van der Waals surface area contributed by atoms with Gasteiger partial charge in [0.25, 0.3) is 0 Å². The van der Waals surface area contributed by atoms with E-state index >= 15 is 0 Å². The van der Waals surface area contributed by atoms with Gasteiger partial charge in [-0.2, -0.15) is 4.98 Å². The van der Waals surface area contributed by atoms with E-state index in [1.54, 1.807) is 16.8 Å². The Hall–Kier alpha value is -2.07. The number of nitrogens with zero attached hydrogens (tertiary/aromatic N) is 3. The van der Waals surface area contributed by atoms with Crippen molar-refractivity contribution in [3.8, 4) is 11.1 Å². The largest absolute Gasteiger partial charge is 0.384 e. The molecular formula is C13H11ClN4. The maximum Gasteiger partial charge on any atom is 0.236 e. The molecular weight excluding hydrogens is 248 g/mol. The predicted octanol–water partition coefficient (Wildman–Crippen LogP) is 2.94. The second-order valence-corrected chi connectivity index (χ2v) is 4.49. The first-order valence-electron chi connectivity index (χ1n) is 5.52. The molecule has 0 bridgehead atoms. The number of benzene rings is 1. The number of hydrogen-bond acceptors (Lipinski definition) is 3. The molecule has 0 aliphatic carbocycles. The van der Waals surface area contributed by atoms with Gasteiger partial charge in [-0.1, -0.05) is 41.4 Å². The average Bonchev–Trinajstić information content (AvgIpc) is 2.77. The first-order valence-corrected chi connectivity index (χ1v) is 5.89. The normalized spacial score (nSPS) is 11.0. The van der Waals surface area contributed by atoms with E-state index in [9.17, 15) is 0 Å². The Balaban J connectivity index is 2.34. The fourth-order valence-electron chi connectivity index (χ4n) is 2.00. The zero-order valence-electron chi connectivity index (χ0n) is 9.76. The number of nitrogens with two attached hydrogens (primary N) is 1. The lowest BCUT2D eigenvalue weighted by atomic mass is 10.1. The van der Waals surface area contributed by atoms with Crippen LogP contribution in [-0.2, 0) is 0 Å². The van der Waals surface area contributed by atoms with E-state index in [4.69, 9.17) is 17.3 Å². The summed E-state index contributed by atoms with van der Waals surface area (Å²) in [5.74, 6) is 1.06. The highest BCUT2D eigenvalue weighted by Gasteiger charge is 2.13. The predicted molar refractivity (Wildman–Crippen MR) is 72.6 cm³/mol. The van der Waals surface area contributed by atoms with Gasteiger partial charge < -0.3 is 5.73 Å². The maximum absolute atomic E-state index is 6.21. The van der Waals surface area contributed by atoms with Crippen molar-refractivity contribution in [1.82, 2.24) is 14.4 Å². The van der Waals surface area contributed by atoms with Gasteiger partial charge in [0.2, 0.25) is 5.78 Å². The van der Waals surface area contributed by atoms with Gasteiger partial charge in [0, 0.05) is 12.4 Å². The van der Waals surface area contributed by atoms with Crippen LogP contribution in [0.4, 0.5) is 5.82 Å². The van der Waals surface area contributed by atoms with Gasteiger partial charge >= 0.3 is 0 Å². The van der Waals surface area contributed by atoms with Gasteiger partial charge in [-0.15, -0.1) is 0 Å². The first kappa shape index (κ1) is 11.0. The Morgan fingerprint density at radius 1 is 1.33 bits per heavy atom. The Morgan fingerprint density at radius 3 is 2.94 bits per heavy atom. The Labute approximate surface area is 109 Å². The number of nitrogen functional groups attached to an aromatic ring is 1. The van der Waals surface area contributed by atoms with Gasteiger partial charge in [-0.3, -0.25) is 4.40 Å². The number of aryl methyl sites for hydroxylation is 1. The molecule has 90 valence electrons. The fraction of sp³-hybridized carbons (Fsp3) is 0.0769. The minimum atomic E-state index is 0.372. The summed E-state index contributed by atoms with van der Waals surface area (Å²) in [4.78, 5) is 8.32. The molecule has 3 aromatic rings. The molecule has 2 aromatic heterocycles. The van der Waals surface area contributed by atoms with Gasteiger partial charge in [0.15, 0.2) is 0 Å². The van der Waals surface area contributed by atoms with Crippen molar-refractivity contribution in [3.05, 3.63) is 47.4 Å². The van der Waals surface area contributed by atoms with Crippen LogP contribution in [0.15, 0.2) is 36.7 Å². The summed E-state index contributed by atoms with van der Waals surface area (Å²) in [6.45, 7) is 2.02. The van der Waals surface area contributed by atoms with Crippen LogP contribution in [-0.4, -0.2) is 14.4 Å². The van der Waals surface area contributed by atoms with Crippen LogP contribution in [0.2, 0.25) is 5.15 Å². The van der Waals surface area contributed by atoms with E-state index in [1.165, 1.54) is 0 Å². The number of fused-ring (bicyclic) bond motifs is 1. The van der Waals surface area contributed by atoms with E-state index in [1.807, 2.05) is 31.2 Å². The quantitative estimate of drug-likeness (QED) is 0.683. The molecule has 0 amide bonds. The Morgan fingerprint density at radius 2 is 2.17 bits per heavy atom. The molecule has 0 radical (unpaired) electrons. The summed E-state index contributed by atoms with van der Waals surface area (Å²) in [7, 11) is 0. The molecule has 1 aromatic carbocycles. The van der Waals surface area contributed by atoms with Crippen LogP contribution >= 0.6 is 11.6 Å². The van der Waals surface area contributed by atoms with E-state index in [0.29, 0.717) is 16.7 Å². The van der Waals surface area contributed by atoms with Crippen LogP contribution in [0.5, 0.6) is 0 Å². The van der Waals surface area contributed by atoms with E-state index in [2.05, 4.69) is 9.97 Å². The molecule has 18 heavy (non-hydrogen) atoms. The van der Waals surface area contributed by atoms with Gasteiger partial charge in [-0.25, -0.2) is 4.98 Å². The molecule has 0 aliphatic rings. The number of halogens is 1. The molecule has 5 heteroatoms. The average molecular weight is 259 g/mol. The minimum absolute atomic E-state index is 0.372. The molecule has 2 N–H and O–H groups in total. The van der Waals surface area contributed by atoms with Crippen LogP contribution in [0.1, 0.15) is 5.56 Å². The molecule has 2 heterocycles. The smallest absolute Gasteiger partial charge is 0.236 e.